The van der Waals surface area contributed by atoms with Crippen LogP contribution >= 0.6 is 0 Å². The van der Waals surface area contributed by atoms with E-state index in [2.05, 4.69) is 16.0 Å². The van der Waals surface area contributed by atoms with Crippen molar-refractivity contribution in [1.82, 2.24) is 9.97 Å². The summed E-state index contributed by atoms with van der Waals surface area (Å²) in [5.74, 6) is 2.99. The van der Waals surface area contributed by atoms with Gasteiger partial charge in [0.15, 0.2) is 23.0 Å². The van der Waals surface area contributed by atoms with Gasteiger partial charge in [-0.25, -0.2) is 9.97 Å². The third-order valence-electron chi connectivity index (χ3n) is 5.25. The van der Waals surface area contributed by atoms with Crippen molar-refractivity contribution in [2.24, 2.45) is 0 Å². The van der Waals surface area contributed by atoms with Gasteiger partial charge in [-0.2, -0.15) is 0 Å². The van der Waals surface area contributed by atoms with Crippen LogP contribution in [0.1, 0.15) is 0 Å². The van der Waals surface area contributed by atoms with E-state index in [1.807, 2.05) is 48.5 Å². The van der Waals surface area contributed by atoms with Crippen LogP contribution in [0.15, 0.2) is 54.6 Å². The molecule has 2 N–H and O–H groups in total. The highest BCUT2D eigenvalue weighted by molar-refractivity contribution is 5.96. The molecule has 1 aliphatic rings. The summed E-state index contributed by atoms with van der Waals surface area (Å²) in [5, 5.41) is 0.883. The zero-order chi connectivity index (χ0) is 21.4. The Balaban J connectivity index is 1.66. The Morgan fingerprint density at radius 1 is 0.742 bits per heavy atom. The van der Waals surface area contributed by atoms with Crippen molar-refractivity contribution in [3.05, 3.63) is 54.6 Å². The number of aromatic nitrogens is 2. The smallest absolute Gasteiger partial charge is 0.221 e. The fourth-order valence-corrected chi connectivity index (χ4v) is 3.75. The molecule has 1 aliphatic heterocycles. The van der Waals surface area contributed by atoms with Gasteiger partial charge in [-0.05, 0) is 53.6 Å². The van der Waals surface area contributed by atoms with Gasteiger partial charge in [0.25, 0.3) is 0 Å². The van der Waals surface area contributed by atoms with Crippen molar-refractivity contribution in [3.8, 4) is 45.4 Å². The molecular weight excluding hydrogens is 394 g/mol. The number of nitrogens with zero attached hydrogens (tertiary/aromatic N) is 2. The molecule has 0 amide bonds. The Morgan fingerprint density at radius 2 is 1.45 bits per heavy atom. The van der Waals surface area contributed by atoms with Crippen molar-refractivity contribution in [2.75, 3.05) is 33.2 Å². The van der Waals surface area contributed by atoms with Crippen LogP contribution in [0.3, 0.4) is 0 Å². The first-order valence-corrected chi connectivity index (χ1v) is 9.86. The molecule has 1 aromatic heterocycles. The zero-order valence-electron chi connectivity index (χ0n) is 17.2. The Hall–Kier alpha value is -4.00. The van der Waals surface area contributed by atoms with Crippen LogP contribution in [-0.2, 0) is 0 Å². The summed E-state index contributed by atoms with van der Waals surface area (Å²) in [6, 6.07) is 17.6. The maximum atomic E-state index is 6.01. The van der Waals surface area contributed by atoms with Gasteiger partial charge >= 0.3 is 0 Å². The predicted molar refractivity (Wildman–Crippen MR) is 119 cm³/mol. The van der Waals surface area contributed by atoms with Gasteiger partial charge in [0.2, 0.25) is 5.95 Å². The molecule has 4 aromatic rings. The number of nitrogens with two attached hydrogens (primary N) is 1. The van der Waals surface area contributed by atoms with Crippen molar-refractivity contribution in [1.29, 1.82) is 0 Å². The highest BCUT2D eigenvalue weighted by Crippen LogP contribution is 2.38. The van der Waals surface area contributed by atoms with E-state index in [1.165, 1.54) is 0 Å². The van der Waals surface area contributed by atoms with Crippen molar-refractivity contribution < 1.29 is 18.9 Å². The number of nitrogen functional groups attached to an aromatic ring is 1. The summed E-state index contributed by atoms with van der Waals surface area (Å²) < 4.78 is 22.2. The third kappa shape index (κ3) is 3.44. The highest BCUT2D eigenvalue weighted by Gasteiger charge is 2.15. The van der Waals surface area contributed by atoms with Gasteiger partial charge in [-0.15, -0.1) is 0 Å². The Kier molecular flexibility index (Phi) is 4.71. The van der Waals surface area contributed by atoms with Gasteiger partial charge in [-0.1, -0.05) is 12.1 Å². The molecule has 0 aliphatic carbocycles. The average molecular weight is 415 g/mol. The Morgan fingerprint density at radius 3 is 2.26 bits per heavy atom. The molecule has 0 saturated heterocycles. The number of anilines is 1. The van der Waals surface area contributed by atoms with Crippen LogP contribution in [-0.4, -0.2) is 37.4 Å². The Labute approximate surface area is 179 Å². The summed E-state index contributed by atoms with van der Waals surface area (Å²) in [7, 11) is 3.21. The molecule has 3 aromatic carbocycles. The first kappa shape index (κ1) is 19.0. The molecule has 5 rings (SSSR count). The Bertz CT molecular complexity index is 1290. The summed E-state index contributed by atoms with van der Waals surface area (Å²) in [5.41, 5.74) is 10.4. The fraction of sp³-hybridized carbons (Fsp3) is 0.167. The fourth-order valence-electron chi connectivity index (χ4n) is 3.75. The first-order chi connectivity index (χ1) is 15.2. The second kappa shape index (κ2) is 7.68. The monoisotopic (exact) mass is 415 g/mol. The van der Waals surface area contributed by atoms with E-state index >= 15 is 0 Å². The SMILES string of the molecule is COc1ccc(-c2nc(N)nc3ccc(-c4ccc5c(c4)OCCO5)cc23)cc1OC. The predicted octanol–water partition coefficient (Wildman–Crippen LogP) is 4.33. The van der Waals surface area contributed by atoms with Gasteiger partial charge in [0.05, 0.1) is 25.4 Å². The second-order valence-electron chi connectivity index (χ2n) is 7.09. The van der Waals surface area contributed by atoms with Crippen LogP contribution in [0.4, 0.5) is 5.95 Å². The minimum absolute atomic E-state index is 0.212. The third-order valence-corrected chi connectivity index (χ3v) is 5.25. The molecule has 7 nitrogen and oxygen atoms in total. The highest BCUT2D eigenvalue weighted by atomic mass is 16.6. The van der Waals surface area contributed by atoms with Crippen molar-refractivity contribution >= 4 is 16.9 Å². The lowest BCUT2D eigenvalue weighted by Crippen LogP contribution is -2.15. The number of hydrogen-bond donors (Lipinski definition) is 1. The first-order valence-electron chi connectivity index (χ1n) is 9.86. The molecule has 0 bridgehead atoms. The minimum Gasteiger partial charge on any atom is -0.493 e. The number of hydrogen-bond acceptors (Lipinski definition) is 7. The van der Waals surface area contributed by atoms with E-state index in [4.69, 9.17) is 24.7 Å². The van der Waals surface area contributed by atoms with Crippen LogP contribution in [0.2, 0.25) is 0 Å². The number of fused-ring (bicyclic) bond motifs is 2. The van der Waals surface area contributed by atoms with Gasteiger partial charge in [-0.3, -0.25) is 0 Å². The molecule has 0 radical (unpaired) electrons. The number of methoxy groups -OCH3 is 2. The molecule has 31 heavy (non-hydrogen) atoms. The molecular formula is C24H21N3O4. The molecule has 2 heterocycles. The molecule has 0 spiro atoms. The topological polar surface area (TPSA) is 88.7 Å². The van der Waals surface area contributed by atoms with Crippen LogP contribution in [0.5, 0.6) is 23.0 Å². The summed E-state index contributed by atoms with van der Waals surface area (Å²) in [6.45, 7) is 1.11. The van der Waals surface area contributed by atoms with E-state index in [-0.39, 0.29) is 5.95 Å². The van der Waals surface area contributed by atoms with Gasteiger partial charge in [0.1, 0.15) is 13.2 Å². The second-order valence-corrected chi connectivity index (χ2v) is 7.09. The maximum absolute atomic E-state index is 6.01. The normalized spacial score (nSPS) is 12.6. The average Bonchev–Trinajstić information content (AvgIpc) is 2.82. The molecule has 0 saturated carbocycles. The van der Waals surface area contributed by atoms with E-state index in [0.717, 1.165) is 44.8 Å². The van der Waals surface area contributed by atoms with E-state index in [9.17, 15) is 0 Å². The summed E-state index contributed by atoms with van der Waals surface area (Å²) in [4.78, 5) is 8.94. The van der Waals surface area contributed by atoms with Crippen molar-refractivity contribution in [3.63, 3.8) is 0 Å². The van der Waals surface area contributed by atoms with Crippen LogP contribution in [0, 0.1) is 0 Å². The number of ether oxygens (including phenoxy) is 4. The zero-order valence-corrected chi connectivity index (χ0v) is 17.2. The van der Waals surface area contributed by atoms with E-state index < -0.39 is 0 Å². The van der Waals surface area contributed by atoms with Gasteiger partial charge in [0, 0.05) is 10.9 Å². The lowest BCUT2D eigenvalue weighted by Gasteiger charge is -2.19. The quantitative estimate of drug-likeness (QED) is 0.530. The molecule has 7 heteroatoms. The van der Waals surface area contributed by atoms with Crippen molar-refractivity contribution in [2.45, 2.75) is 0 Å². The lowest BCUT2D eigenvalue weighted by atomic mass is 9.99. The lowest BCUT2D eigenvalue weighted by molar-refractivity contribution is 0.171. The van der Waals surface area contributed by atoms with E-state index in [0.29, 0.717) is 24.7 Å². The maximum Gasteiger partial charge on any atom is 0.221 e. The standard InChI is InChI=1S/C24H21N3O4/c1-28-19-7-5-16(13-21(19)29-2)23-17-11-14(3-6-18(17)26-24(25)27-23)15-4-8-20-22(12-15)31-10-9-30-20/h3-8,11-13H,9-10H2,1-2H3,(H2,25,26,27). The molecule has 0 atom stereocenters. The van der Waals surface area contributed by atoms with Gasteiger partial charge < -0.3 is 24.7 Å². The molecule has 0 fully saturated rings. The molecule has 156 valence electrons. The van der Waals surface area contributed by atoms with E-state index in [1.54, 1.807) is 14.2 Å². The summed E-state index contributed by atoms with van der Waals surface area (Å²) in [6.07, 6.45) is 0. The number of benzene rings is 3. The largest absolute Gasteiger partial charge is 0.493 e. The number of rotatable bonds is 4. The minimum atomic E-state index is 0.212. The van der Waals surface area contributed by atoms with Crippen LogP contribution < -0.4 is 24.7 Å². The summed E-state index contributed by atoms with van der Waals surface area (Å²) >= 11 is 0. The molecule has 0 unspecified atom stereocenters. The van der Waals surface area contributed by atoms with Crippen LogP contribution in [0.25, 0.3) is 33.3 Å².